The molecule has 232 valence electrons. The molecule has 44 heavy (non-hydrogen) atoms. The van der Waals surface area contributed by atoms with Crippen LogP contribution in [0.4, 0.5) is 13.2 Å². The highest BCUT2D eigenvalue weighted by atomic mass is 35.5. The van der Waals surface area contributed by atoms with Crippen molar-refractivity contribution in [2.45, 2.75) is 76.7 Å². The first-order valence-corrected chi connectivity index (χ1v) is 15.0. The lowest BCUT2D eigenvalue weighted by Crippen LogP contribution is -2.44. The molecule has 2 aliphatic rings. The number of carbonyl (C=O) groups excluding carboxylic acids is 2. The van der Waals surface area contributed by atoms with E-state index in [0.717, 1.165) is 30.5 Å². The topological polar surface area (TPSA) is 114 Å². The average Bonchev–Trinajstić information content (AvgIpc) is 3.59. The molecule has 0 saturated carbocycles. The van der Waals surface area contributed by atoms with Gasteiger partial charge in [0.1, 0.15) is 11.6 Å². The zero-order chi connectivity index (χ0) is 31.8. The molecule has 0 bridgehead atoms. The standard InChI is InChI=1S/C30H29Cl2F3N6O3/c1-16-12-18(5-9-25(16)40-11-3-4-20(40)7-10-26(42)44-29(43)30(33,34)35)24-15-37-27-23(14-36)39-41(28(27)38-24)17(2)21-8-6-19(31)13-22(21)32/h5-6,8,13,15-17,20,25H,3-4,7,9-12H2,1-2H3/t16?,17-,20+,25?/m1/s1. The van der Waals surface area contributed by atoms with Crippen LogP contribution < -0.4 is 0 Å². The number of fused-ring (bicyclic) bond motifs is 1. The lowest BCUT2D eigenvalue weighted by Gasteiger charge is -2.39. The summed E-state index contributed by atoms with van der Waals surface area (Å²) in [6.45, 7) is 4.86. The normalized spacial score (nSPS) is 21.6. The Morgan fingerprint density at radius 3 is 2.73 bits per heavy atom. The number of rotatable bonds is 7. The Kier molecular flexibility index (Phi) is 9.30. The maximum atomic E-state index is 12.4. The fraction of sp³-hybridized carbons (Fsp3) is 0.467. The molecular formula is C30H29Cl2F3N6O3. The minimum Gasteiger partial charge on any atom is -0.386 e. The van der Waals surface area contributed by atoms with Crippen molar-refractivity contribution in [3.63, 3.8) is 0 Å². The molecule has 14 heteroatoms. The van der Waals surface area contributed by atoms with Gasteiger partial charge in [0.2, 0.25) is 0 Å². The first-order valence-electron chi connectivity index (χ1n) is 14.2. The van der Waals surface area contributed by atoms with E-state index in [-0.39, 0.29) is 36.2 Å². The SMILES string of the molecule is CC1CC(c2cnc3c(C#N)nn([C@H](C)c4ccc(Cl)cc4Cl)c3n2)=CCC1N1CCC[C@H]1CCC(=O)OC(=O)C(F)(F)F. The first kappa shape index (κ1) is 31.9. The summed E-state index contributed by atoms with van der Waals surface area (Å²) in [5.74, 6) is -3.45. The van der Waals surface area contributed by atoms with Gasteiger partial charge in [0, 0.05) is 28.5 Å². The summed E-state index contributed by atoms with van der Waals surface area (Å²) in [5, 5.41) is 15.2. The fourth-order valence-electron chi connectivity index (χ4n) is 6.22. The fourth-order valence-corrected chi connectivity index (χ4v) is 6.78. The maximum Gasteiger partial charge on any atom is 0.491 e. The number of ether oxygens (including phenoxy) is 1. The second-order valence-electron chi connectivity index (χ2n) is 11.2. The third kappa shape index (κ3) is 6.60. The Bertz CT molecular complexity index is 1670. The van der Waals surface area contributed by atoms with Crippen LogP contribution in [0.15, 0.2) is 30.5 Å². The molecule has 1 saturated heterocycles. The summed E-state index contributed by atoms with van der Waals surface area (Å²) in [5.41, 5.74) is 3.48. The highest BCUT2D eigenvalue weighted by Crippen LogP contribution is 2.38. The molecular weight excluding hydrogens is 620 g/mol. The first-order chi connectivity index (χ1) is 20.9. The number of nitrogens with zero attached hydrogens (tertiary/aromatic N) is 6. The molecule has 2 unspecified atom stereocenters. The molecule has 0 amide bonds. The molecule has 1 fully saturated rings. The summed E-state index contributed by atoms with van der Waals surface area (Å²) < 4.78 is 42.9. The van der Waals surface area contributed by atoms with Crippen LogP contribution in [0.5, 0.6) is 0 Å². The van der Waals surface area contributed by atoms with Crippen molar-refractivity contribution in [1.29, 1.82) is 5.26 Å². The van der Waals surface area contributed by atoms with E-state index in [1.165, 1.54) is 0 Å². The lowest BCUT2D eigenvalue weighted by atomic mass is 9.83. The lowest BCUT2D eigenvalue weighted by molar-refractivity contribution is -0.201. The number of likely N-dealkylation sites (tertiary alicyclic amines) is 1. The molecule has 3 aromatic rings. The number of aromatic nitrogens is 4. The van der Waals surface area contributed by atoms with Gasteiger partial charge >= 0.3 is 18.1 Å². The number of benzene rings is 1. The van der Waals surface area contributed by atoms with Crippen LogP contribution in [-0.4, -0.2) is 61.4 Å². The van der Waals surface area contributed by atoms with Gasteiger partial charge in [-0.05, 0) is 74.8 Å². The molecule has 5 rings (SSSR count). The summed E-state index contributed by atoms with van der Waals surface area (Å²) >= 11 is 12.5. The average molecular weight is 650 g/mol. The van der Waals surface area contributed by atoms with Crippen molar-refractivity contribution < 1.29 is 27.5 Å². The molecule has 2 aromatic heterocycles. The van der Waals surface area contributed by atoms with E-state index < -0.39 is 18.1 Å². The van der Waals surface area contributed by atoms with E-state index in [1.807, 2.05) is 13.0 Å². The minimum absolute atomic E-state index is 0.00186. The molecule has 9 nitrogen and oxygen atoms in total. The Balaban J connectivity index is 1.32. The van der Waals surface area contributed by atoms with Crippen molar-refractivity contribution >= 4 is 51.9 Å². The smallest absolute Gasteiger partial charge is 0.386 e. The van der Waals surface area contributed by atoms with Crippen molar-refractivity contribution in [1.82, 2.24) is 24.6 Å². The Morgan fingerprint density at radius 1 is 1.27 bits per heavy atom. The second kappa shape index (κ2) is 12.8. The van der Waals surface area contributed by atoms with E-state index >= 15 is 0 Å². The van der Waals surface area contributed by atoms with Crippen LogP contribution >= 0.6 is 23.2 Å². The number of alkyl halides is 3. The van der Waals surface area contributed by atoms with E-state index in [1.54, 1.807) is 23.0 Å². The number of esters is 2. The van der Waals surface area contributed by atoms with Crippen LogP contribution in [0.1, 0.15) is 75.4 Å². The molecule has 4 atom stereocenters. The van der Waals surface area contributed by atoms with Gasteiger partial charge in [0.05, 0.1) is 17.9 Å². The van der Waals surface area contributed by atoms with Gasteiger partial charge in [-0.25, -0.2) is 19.4 Å². The summed E-state index contributed by atoms with van der Waals surface area (Å²) in [6.07, 6.45) is 1.75. The van der Waals surface area contributed by atoms with E-state index in [2.05, 4.69) is 38.8 Å². The van der Waals surface area contributed by atoms with Crippen molar-refractivity contribution in [2.75, 3.05) is 6.54 Å². The molecule has 3 heterocycles. The van der Waals surface area contributed by atoms with E-state index in [9.17, 15) is 28.0 Å². The highest BCUT2D eigenvalue weighted by Gasteiger charge is 2.42. The van der Waals surface area contributed by atoms with E-state index in [4.69, 9.17) is 28.2 Å². The number of hydrogen-bond acceptors (Lipinski definition) is 8. The molecule has 0 N–H and O–H groups in total. The number of hydrogen-bond donors (Lipinski definition) is 0. The van der Waals surface area contributed by atoms with Crippen LogP contribution in [0, 0.1) is 17.2 Å². The Morgan fingerprint density at radius 2 is 2.05 bits per heavy atom. The Hall–Kier alpha value is -3.53. The van der Waals surface area contributed by atoms with Gasteiger partial charge in [-0.15, -0.1) is 0 Å². The van der Waals surface area contributed by atoms with Crippen molar-refractivity contribution in [3.05, 3.63) is 57.5 Å². The van der Waals surface area contributed by atoms with Crippen LogP contribution in [-0.2, 0) is 14.3 Å². The number of nitriles is 1. The van der Waals surface area contributed by atoms with Gasteiger partial charge in [0.25, 0.3) is 0 Å². The van der Waals surface area contributed by atoms with Gasteiger partial charge in [-0.3, -0.25) is 9.69 Å². The number of allylic oxidation sites excluding steroid dienone is 1. The molecule has 0 spiro atoms. The van der Waals surface area contributed by atoms with Crippen molar-refractivity contribution in [2.24, 2.45) is 5.92 Å². The van der Waals surface area contributed by atoms with Crippen LogP contribution in [0.3, 0.4) is 0 Å². The Labute approximate surface area is 261 Å². The second-order valence-corrected chi connectivity index (χ2v) is 12.1. The summed E-state index contributed by atoms with van der Waals surface area (Å²) in [6, 6.07) is 7.12. The number of carbonyl (C=O) groups is 2. The van der Waals surface area contributed by atoms with Gasteiger partial charge < -0.3 is 4.74 Å². The van der Waals surface area contributed by atoms with Crippen LogP contribution in [0.2, 0.25) is 10.0 Å². The molecule has 1 aliphatic carbocycles. The summed E-state index contributed by atoms with van der Waals surface area (Å²) in [7, 11) is 0. The van der Waals surface area contributed by atoms with Crippen molar-refractivity contribution in [3.8, 4) is 6.07 Å². The molecule has 1 aromatic carbocycles. The zero-order valence-corrected chi connectivity index (χ0v) is 25.5. The third-order valence-corrected chi connectivity index (χ3v) is 8.95. The monoisotopic (exact) mass is 648 g/mol. The minimum atomic E-state index is -5.20. The van der Waals surface area contributed by atoms with Gasteiger partial charge in [-0.2, -0.15) is 23.5 Å². The maximum absolute atomic E-state index is 12.4. The van der Waals surface area contributed by atoms with Crippen LogP contribution in [0.25, 0.3) is 16.7 Å². The molecule has 1 aliphatic heterocycles. The predicted molar refractivity (Wildman–Crippen MR) is 157 cm³/mol. The number of halogens is 5. The summed E-state index contributed by atoms with van der Waals surface area (Å²) in [4.78, 5) is 34.6. The zero-order valence-electron chi connectivity index (χ0n) is 23.9. The predicted octanol–water partition coefficient (Wildman–Crippen LogP) is 6.67. The quantitative estimate of drug-likeness (QED) is 0.206. The van der Waals surface area contributed by atoms with Gasteiger partial charge in [0.15, 0.2) is 11.3 Å². The third-order valence-electron chi connectivity index (χ3n) is 8.39. The van der Waals surface area contributed by atoms with E-state index in [0.29, 0.717) is 46.2 Å². The largest absolute Gasteiger partial charge is 0.491 e. The van der Waals surface area contributed by atoms with Gasteiger partial charge in [-0.1, -0.05) is 42.3 Å². The molecule has 0 radical (unpaired) electrons. The highest BCUT2D eigenvalue weighted by molar-refractivity contribution is 6.35.